The van der Waals surface area contributed by atoms with E-state index in [0.717, 1.165) is 24.3 Å². The fourth-order valence-electron chi connectivity index (χ4n) is 2.83. The zero-order valence-electron chi connectivity index (χ0n) is 13.7. The normalized spacial score (nSPS) is 13.9. The summed E-state index contributed by atoms with van der Waals surface area (Å²) < 4.78 is 0. The Balaban J connectivity index is 1.60. The van der Waals surface area contributed by atoms with Crippen LogP contribution in [0.3, 0.4) is 0 Å². The Morgan fingerprint density at radius 3 is 2.79 bits per heavy atom. The molecule has 0 radical (unpaired) electrons. The summed E-state index contributed by atoms with van der Waals surface area (Å²) in [4.78, 5) is 13.7. The average Bonchev–Trinajstić information content (AvgIpc) is 3.00. The summed E-state index contributed by atoms with van der Waals surface area (Å²) in [5, 5.41) is 6.99. The molecule has 0 atom stereocenters. The molecular formula is C19H21N3OS. The van der Waals surface area contributed by atoms with Crippen LogP contribution in [0.2, 0.25) is 0 Å². The van der Waals surface area contributed by atoms with E-state index in [0.29, 0.717) is 18.1 Å². The van der Waals surface area contributed by atoms with Gasteiger partial charge in [-0.2, -0.15) is 0 Å². The van der Waals surface area contributed by atoms with Crippen LogP contribution in [0.25, 0.3) is 0 Å². The van der Waals surface area contributed by atoms with Crippen molar-refractivity contribution in [1.29, 1.82) is 0 Å². The van der Waals surface area contributed by atoms with Gasteiger partial charge in [-0.15, -0.1) is 0 Å². The maximum atomic E-state index is 11.9. The largest absolute Gasteiger partial charge is 0.358 e. The summed E-state index contributed by atoms with van der Waals surface area (Å²) in [5.41, 5.74) is 4.26. The number of hydrogen-bond donors (Lipinski definition) is 2. The van der Waals surface area contributed by atoms with Crippen molar-refractivity contribution in [2.75, 3.05) is 16.8 Å². The number of amides is 1. The topological polar surface area (TPSA) is 44.4 Å². The first-order valence-corrected chi connectivity index (χ1v) is 8.54. The molecule has 1 heterocycles. The van der Waals surface area contributed by atoms with Crippen molar-refractivity contribution in [3.8, 4) is 0 Å². The standard InChI is InChI=1S/C19H21N3OS/c1-14-6-2-3-7-15(14)13-20-19(24)21-16-8-4-9-17(12-16)22-11-5-10-18(22)23/h2-4,6-9,12H,5,10-11,13H2,1H3,(H2,20,21,24). The van der Waals surface area contributed by atoms with Crippen LogP contribution >= 0.6 is 12.2 Å². The molecule has 1 amide bonds. The fraction of sp³-hybridized carbons (Fsp3) is 0.263. The summed E-state index contributed by atoms with van der Waals surface area (Å²) in [5.74, 6) is 0.187. The second-order valence-electron chi connectivity index (χ2n) is 5.93. The Labute approximate surface area is 147 Å². The van der Waals surface area contributed by atoms with Gasteiger partial charge >= 0.3 is 0 Å². The second-order valence-corrected chi connectivity index (χ2v) is 6.34. The van der Waals surface area contributed by atoms with E-state index in [1.54, 1.807) is 0 Å². The number of nitrogens with zero attached hydrogens (tertiary/aromatic N) is 1. The van der Waals surface area contributed by atoms with Crippen LogP contribution in [0.15, 0.2) is 48.5 Å². The van der Waals surface area contributed by atoms with E-state index in [1.165, 1.54) is 11.1 Å². The van der Waals surface area contributed by atoms with Crippen molar-refractivity contribution >= 4 is 34.6 Å². The van der Waals surface area contributed by atoms with Gasteiger partial charge < -0.3 is 15.5 Å². The number of hydrogen-bond acceptors (Lipinski definition) is 2. The van der Waals surface area contributed by atoms with Crippen molar-refractivity contribution in [2.45, 2.75) is 26.3 Å². The molecular weight excluding hydrogens is 318 g/mol. The molecule has 0 bridgehead atoms. The van der Waals surface area contributed by atoms with Gasteiger partial charge in [-0.3, -0.25) is 4.79 Å². The number of carbonyl (C=O) groups excluding carboxylic acids is 1. The summed E-state index contributed by atoms with van der Waals surface area (Å²) in [6.45, 7) is 3.56. The predicted molar refractivity (Wildman–Crippen MR) is 102 cm³/mol. The van der Waals surface area contributed by atoms with Gasteiger partial charge in [0.05, 0.1) is 0 Å². The van der Waals surface area contributed by atoms with Crippen LogP contribution in [-0.4, -0.2) is 17.6 Å². The van der Waals surface area contributed by atoms with Crippen LogP contribution in [0.1, 0.15) is 24.0 Å². The van der Waals surface area contributed by atoms with Crippen molar-refractivity contribution in [1.82, 2.24) is 5.32 Å². The monoisotopic (exact) mass is 339 g/mol. The highest BCUT2D eigenvalue weighted by Crippen LogP contribution is 2.24. The SMILES string of the molecule is Cc1ccccc1CNC(=S)Nc1cccc(N2CCCC2=O)c1. The summed E-state index contributed by atoms with van der Waals surface area (Å²) >= 11 is 5.38. The molecule has 2 aromatic carbocycles. The van der Waals surface area contributed by atoms with Crippen molar-refractivity contribution in [3.05, 3.63) is 59.7 Å². The zero-order valence-corrected chi connectivity index (χ0v) is 14.5. The Kier molecular flexibility index (Phi) is 5.11. The third-order valence-electron chi connectivity index (χ3n) is 4.19. The van der Waals surface area contributed by atoms with Gasteiger partial charge in [-0.1, -0.05) is 30.3 Å². The third kappa shape index (κ3) is 3.92. The molecule has 1 fully saturated rings. The second kappa shape index (κ2) is 7.45. The van der Waals surface area contributed by atoms with E-state index in [4.69, 9.17) is 12.2 Å². The highest BCUT2D eigenvalue weighted by atomic mass is 32.1. The molecule has 3 rings (SSSR count). The van der Waals surface area contributed by atoms with E-state index < -0.39 is 0 Å². The highest BCUT2D eigenvalue weighted by Gasteiger charge is 2.21. The van der Waals surface area contributed by atoms with Gasteiger partial charge in [-0.05, 0) is 54.9 Å². The molecule has 0 unspecified atom stereocenters. The Morgan fingerprint density at radius 2 is 2.04 bits per heavy atom. The van der Waals surface area contributed by atoms with Crippen molar-refractivity contribution < 1.29 is 4.79 Å². The summed E-state index contributed by atoms with van der Waals surface area (Å²) in [6.07, 6.45) is 1.56. The minimum Gasteiger partial charge on any atom is -0.358 e. The maximum Gasteiger partial charge on any atom is 0.227 e. The molecule has 5 heteroatoms. The Morgan fingerprint density at radius 1 is 1.21 bits per heavy atom. The lowest BCUT2D eigenvalue weighted by Crippen LogP contribution is -2.28. The predicted octanol–water partition coefficient (Wildman–Crippen LogP) is 3.61. The first-order valence-electron chi connectivity index (χ1n) is 8.13. The van der Waals surface area contributed by atoms with E-state index in [2.05, 4.69) is 29.7 Å². The molecule has 124 valence electrons. The number of rotatable bonds is 4. The van der Waals surface area contributed by atoms with E-state index in [1.807, 2.05) is 41.3 Å². The number of anilines is 2. The molecule has 0 saturated carbocycles. The van der Waals surface area contributed by atoms with E-state index in [-0.39, 0.29) is 5.91 Å². The molecule has 0 aliphatic carbocycles. The Bertz CT molecular complexity index is 760. The quantitative estimate of drug-likeness (QED) is 0.835. The number of carbonyl (C=O) groups is 1. The number of thiocarbonyl (C=S) groups is 1. The summed E-state index contributed by atoms with van der Waals surface area (Å²) in [7, 11) is 0. The van der Waals surface area contributed by atoms with Crippen LogP contribution in [0.4, 0.5) is 11.4 Å². The van der Waals surface area contributed by atoms with Gasteiger partial charge in [0.15, 0.2) is 5.11 Å². The first kappa shape index (κ1) is 16.5. The molecule has 2 N–H and O–H groups in total. The minimum absolute atomic E-state index is 0.187. The lowest BCUT2D eigenvalue weighted by molar-refractivity contribution is -0.117. The van der Waals surface area contributed by atoms with Crippen LogP contribution < -0.4 is 15.5 Å². The number of benzene rings is 2. The van der Waals surface area contributed by atoms with Crippen LogP contribution in [-0.2, 0) is 11.3 Å². The van der Waals surface area contributed by atoms with Gasteiger partial charge in [0.1, 0.15) is 0 Å². The molecule has 4 nitrogen and oxygen atoms in total. The van der Waals surface area contributed by atoms with Crippen molar-refractivity contribution in [2.24, 2.45) is 0 Å². The van der Waals surface area contributed by atoms with Crippen LogP contribution in [0.5, 0.6) is 0 Å². The number of nitrogens with one attached hydrogen (secondary N) is 2. The number of aryl methyl sites for hydroxylation is 1. The summed E-state index contributed by atoms with van der Waals surface area (Å²) in [6, 6.07) is 16.0. The van der Waals surface area contributed by atoms with Gasteiger partial charge in [-0.25, -0.2) is 0 Å². The van der Waals surface area contributed by atoms with E-state index >= 15 is 0 Å². The van der Waals surface area contributed by atoms with Gasteiger partial charge in [0, 0.05) is 30.9 Å². The average molecular weight is 339 g/mol. The van der Waals surface area contributed by atoms with Crippen LogP contribution in [0, 0.1) is 6.92 Å². The third-order valence-corrected chi connectivity index (χ3v) is 4.44. The molecule has 1 aliphatic rings. The molecule has 0 aromatic heterocycles. The first-order chi connectivity index (χ1) is 11.6. The lowest BCUT2D eigenvalue weighted by Gasteiger charge is -2.17. The fourth-order valence-corrected chi connectivity index (χ4v) is 3.02. The zero-order chi connectivity index (χ0) is 16.9. The Hall–Kier alpha value is -2.40. The smallest absolute Gasteiger partial charge is 0.227 e. The maximum absolute atomic E-state index is 11.9. The van der Waals surface area contributed by atoms with Gasteiger partial charge in [0.25, 0.3) is 0 Å². The molecule has 1 saturated heterocycles. The van der Waals surface area contributed by atoms with E-state index in [9.17, 15) is 4.79 Å². The van der Waals surface area contributed by atoms with Crippen molar-refractivity contribution in [3.63, 3.8) is 0 Å². The molecule has 0 spiro atoms. The highest BCUT2D eigenvalue weighted by molar-refractivity contribution is 7.80. The molecule has 2 aromatic rings. The lowest BCUT2D eigenvalue weighted by atomic mass is 10.1. The molecule has 1 aliphatic heterocycles. The van der Waals surface area contributed by atoms with Gasteiger partial charge in [0.2, 0.25) is 5.91 Å². The minimum atomic E-state index is 0.187. The molecule has 24 heavy (non-hydrogen) atoms.